The number of hydrogen-bond acceptors (Lipinski definition) is 2. The van der Waals surface area contributed by atoms with Crippen molar-refractivity contribution in [3.8, 4) is 0 Å². The maximum atomic E-state index is 13.8. The lowest BCUT2D eigenvalue weighted by molar-refractivity contribution is 0.0684. The highest BCUT2D eigenvalue weighted by Gasteiger charge is 2.15. The van der Waals surface area contributed by atoms with Crippen molar-refractivity contribution < 1.29 is 14.3 Å². The zero-order valence-electron chi connectivity index (χ0n) is 11.5. The quantitative estimate of drug-likeness (QED) is 0.808. The number of rotatable bonds is 3. The minimum Gasteiger partial charge on any atom is -0.477 e. The molecule has 0 fully saturated rings. The normalized spacial score (nSPS) is 10.8. The van der Waals surface area contributed by atoms with E-state index >= 15 is 0 Å². The predicted molar refractivity (Wildman–Crippen MR) is 80.7 cm³/mol. The highest BCUT2D eigenvalue weighted by molar-refractivity contribution is 5.92. The second-order valence-electron chi connectivity index (χ2n) is 4.90. The number of fused-ring (bicyclic) bond motifs is 1. The molecule has 0 saturated heterocycles. The zero-order chi connectivity index (χ0) is 15.7. The van der Waals surface area contributed by atoms with Crippen molar-refractivity contribution in [2.24, 2.45) is 0 Å². The number of aromatic carboxylic acids is 1. The summed E-state index contributed by atoms with van der Waals surface area (Å²) < 4.78 is 14.9. The van der Waals surface area contributed by atoms with Crippen molar-refractivity contribution in [2.75, 3.05) is 0 Å². The molecule has 2 aromatic carbocycles. The molecular weight excluding hydrogens is 285 g/mol. The molecule has 3 aromatic rings. The van der Waals surface area contributed by atoms with E-state index in [-0.39, 0.29) is 17.8 Å². The lowest BCUT2D eigenvalue weighted by atomic mass is 10.1. The van der Waals surface area contributed by atoms with Crippen LogP contribution < -0.4 is 5.56 Å². The molecule has 110 valence electrons. The second kappa shape index (κ2) is 5.44. The van der Waals surface area contributed by atoms with E-state index < -0.39 is 17.3 Å². The molecule has 0 aliphatic carbocycles. The summed E-state index contributed by atoms with van der Waals surface area (Å²) in [5, 5.41) is 10.3. The third-order valence-corrected chi connectivity index (χ3v) is 3.52. The topological polar surface area (TPSA) is 59.3 Å². The maximum absolute atomic E-state index is 13.8. The van der Waals surface area contributed by atoms with E-state index in [4.69, 9.17) is 0 Å². The molecule has 0 bridgehead atoms. The molecule has 1 aromatic heterocycles. The molecule has 0 unspecified atom stereocenters. The lowest BCUT2D eigenvalue weighted by Crippen LogP contribution is -2.27. The molecular formula is C17H12FNO3. The fraction of sp³-hybridized carbons (Fsp3) is 0.0588. The van der Waals surface area contributed by atoms with Gasteiger partial charge in [0.25, 0.3) is 5.56 Å². The van der Waals surface area contributed by atoms with Crippen molar-refractivity contribution in [1.82, 2.24) is 4.57 Å². The van der Waals surface area contributed by atoms with Crippen molar-refractivity contribution >= 4 is 16.7 Å². The Morgan fingerprint density at radius 3 is 2.50 bits per heavy atom. The van der Waals surface area contributed by atoms with Gasteiger partial charge in [0.05, 0.1) is 6.54 Å². The fourth-order valence-electron chi connectivity index (χ4n) is 2.43. The van der Waals surface area contributed by atoms with Gasteiger partial charge in [-0.15, -0.1) is 0 Å². The summed E-state index contributed by atoms with van der Waals surface area (Å²) in [4.78, 5) is 24.0. The Hall–Kier alpha value is -2.95. The van der Waals surface area contributed by atoms with E-state index in [0.717, 1.165) is 4.57 Å². The highest BCUT2D eigenvalue weighted by atomic mass is 19.1. The monoisotopic (exact) mass is 297 g/mol. The van der Waals surface area contributed by atoms with Crippen molar-refractivity contribution in [2.45, 2.75) is 6.54 Å². The molecule has 1 heterocycles. The van der Waals surface area contributed by atoms with E-state index in [2.05, 4.69) is 0 Å². The Balaban J connectivity index is 2.25. The van der Waals surface area contributed by atoms with Crippen LogP contribution in [0.2, 0.25) is 0 Å². The first-order chi connectivity index (χ1) is 10.6. The van der Waals surface area contributed by atoms with Gasteiger partial charge in [-0.3, -0.25) is 9.36 Å². The van der Waals surface area contributed by atoms with Gasteiger partial charge in [-0.25, -0.2) is 9.18 Å². The standard InChI is InChI=1S/C17H12FNO3/c18-14-8-4-2-6-12(14)10-19-15(17(21)22)9-11-5-1-3-7-13(11)16(19)20/h1-9H,10H2,(H,21,22). The number of aromatic nitrogens is 1. The Labute approximate surface area is 125 Å². The molecule has 3 rings (SSSR count). The van der Waals surface area contributed by atoms with Gasteiger partial charge in [0.1, 0.15) is 11.5 Å². The number of hydrogen-bond donors (Lipinski definition) is 1. The van der Waals surface area contributed by atoms with Crippen molar-refractivity contribution in [1.29, 1.82) is 0 Å². The van der Waals surface area contributed by atoms with Crippen LogP contribution in [0.4, 0.5) is 4.39 Å². The summed E-state index contributed by atoms with van der Waals surface area (Å²) in [5.41, 5.74) is -0.340. The Morgan fingerprint density at radius 2 is 1.77 bits per heavy atom. The summed E-state index contributed by atoms with van der Waals surface area (Å²) in [7, 11) is 0. The summed E-state index contributed by atoms with van der Waals surface area (Å²) in [5.74, 6) is -1.70. The third kappa shape index (κ3) is 2.37. The molecule has 0 atom stereocenters. The van der Waals surface area contributed by atoms with Crippen molar-refractivity contribution in [3.63, 3.8) is 0 Å². The number of benzene rings is 2. The van der Waals surface area contributed by atoms with Gasteiger partial charge in [0.15, 0.2) is 0 Å². The second-order valence-corrected chi connectivity index (χ2v) is 4.90. The average molecular weight is 297 g/mol. The smallest absolute Gasteiger partial charge is 0.352 e. The molecule has 0 saturated carbocycles. The Bertz CT molecular complexity index is 931. The fourth-order valence-corrected chi connectivity index (χ4v) is 2.43. The summed E-state index contributed by atoms with van der Waals surface area (Å²) >= 11 is 0. The van der Waals surface area contributed by atoms with Crippen LogP contribution in [0.3, 0.4) is 0 Å². The average Bonchev–Trinajstić information content (AvgIpc) is 2.51. The first-order valence-electron chi connectivity index (χ1n) is 6.67. The number of carboxylic acids is 1. The van der Waals surface area contributed by atoms with Gasteiger partial charge in [-0.2, -0.15) is 0 Å². The number of halogens is 1. The van der Waals surface area contributed by atoms with E-state index in [1.54, 1.807) is 36.4 Å². The van der Waals surface area contributed by atoms with Crippen molar-refractivity contribution in [3.05, 3.63) is 82.0 Å². The van der Waals surface area contributed by atoms with Crippen LogP contribution in [0, 0.1) is 5.82 Å². The van der Waals surface area contributed by atoms with Gasteiger partial charge >= 0.3 is 5.97 Å². The zero-order valence-corrected chi connectivity index (χ0v) is 11.5. The van der Waals surface area contributed by atoms with Crippen LogP contribution in [0.5, 0.6) is 0 Å². The highest BCUT2D eigenvalue weighted by Crippen LogP contribution is 2.15. The summed E-state index contributed by atoms with van der Waals surface area (Å²) in [6.07, 6.45) is 0. The predicted octanol–water partition coefficient (Wildman–Crippen LogP) is 2.89. The van der Waals surface area contributed by atoms with Crippen LogP contribution in [0.25, 0.3) is 10.8 Å². The minimum absolute atomic E-state index is 0.127. The van der Waals surface area contributed by atoms with E-state index in [1.807, 2.05) is 0 Å². The van der Waals surface area contributed by atoms with Crippen LogP contribution >= 0.6 is 0 Å². The molecule has 0 aliphatic heterocycles. The molecule has 0 radical (unpaired) electrons. The molecule has 4 nitrogen and oxygen atoms in total. The van der Waals surface area contributed by atoms with Crippen LogP contribution in [0.1, 0.15) is 16.1 Å². The molecule has 0 aliphatic rings. The molecule has 1 N–H and O–H groups in total. The number of carbonyl (C=O) groups is 1. The first-order valence-corrected chi connectivity index (χ1v) is 6.67. The first kappa shape index (κ1) is 14.0. The number of pyridine rings is 1. The third-order valence-electron chi connectivity index (χ3n) is 3.52. The molecule has 5 heteroatoms. The van der Waals surface area contributed by atoms with E-state index in [0.29, 0.717) is 10.8 Å². The lowest BCUT2D eigenvalue weighted by Gasteiger charge is -2.12. The van der Waals surface area contributed by atoms with Gasteiger partial charge in [0, 0.05) is 10.9 Å². The Morgan fingerprint density at radius 1 is 1.09 bits per heavy atom. The SMILES string of the molecule is O=C(O)c1cc2ccccc2c(=O)n1Cc1ccccc1F. The van der Waals surface area contributed by atoms with Gasteiger partial charge < -0.3 is 5.11 Å². The van der Waals surface area contributed by atoms with E-state index in [9.17, 15) is 19.1 Å². The maximum Gasteiger partial charge on any atom is 0.352 e. The Kier molecular flexibility index (Phi) is 3.47. The van der Waals surface area contributed by atoms with Crippen LogP contribution in [-0.2, 0) is 6.54 Å². The van der Waals surface area contributed by atoms with Crippen LogP contribution in [-0.4, -0.2) is 15.6 Å². The molecule has 22 heavy (non-hydrogen) atoms. The number of nitrogens with zero attached hydrogens (tertiary/aromatic N) is 1. The summed E-state index contributed by atoms with van der Waals surface area (Å²) in [6.45, 7) is -0.127. The molecule has 0 amide bonds. The minimum atomic E-state index is -1.22. The van der Waals surface area contributed by atoms with Gasteiger partial charge in [-0.05, 0) is 23.6 Å². The van der Waals surface area contributed by atoms with Gasteiger partial charge in [-0.1, -0.05) is 36.4 Å². The van der Waals surface area contributed by atoms with Crippen LogP contribution in [0.15, 0.2) is 59.4 Å². The summed E-state index contributed by atoms with van der Waals surface area (Å²) in [6, 6.07) is 14.2. The molecule has 0 spiro atoms. The van der Waals surface area contributed by atoms with E-state index in [1.165, 1.54) is 18.2 Å². The largest absolute Gasteiger partial charge is 0.477 e. The van der Waals surface area contributed by atoms with Gasteiger partial charge in [0.2, 0.25) is 0 Å². The number of carboxylic acid groups (broad SMARTS) is 1.